The van der Waals surface area contributed by atoms with Gasteiger partial charge in [0.2, 0.25) is 0 Å². The molecule has 0 radical (unpaired) electrons. The quantitative estimate of drug-likeness (QED) is 0.737. The Kier molecular flexibility index (Phi) is 2.58. The lowest BCUT2D eigenvalue weighted by Crippen LogP contribution is -1.99. The van der Waals surface area contributed by atoms with Crippen LogP contribution in [-0.4, -0.2) is 9.97 Å². The molecule has 76 valence electrons. The number of alkyl halides is 2. The van der Waals surface area contributed by atoms with Gasteiger partial charge in [0.1, 0.15) is 16.1 Å². The first kappa shape index (κ1) is 10.1. The zero-order chi connectivity index (χ0) is 10.3. The van der Waals surface area contributed by atoms with Gasteiger partial charge in [-0.2, -0.15) is 0 Å². The van der Waals surface area contributed by atoms with Gasteiger partial charge in [-0.05, 0) is 12.8 Å². The Labute approximate surface area is 89.3 Å². The lowest BCUT2D eigenvalue weighted by Gasteiger charge is -2.06. The van der Waals surface area contributed by atoms with E-state index in [1.54, 1.807) is 0 Å². The van der Waals surface area contributed by atoms with Crippen molar-refractivity contribution < 1.29 is 8.78 Å². The molecule has 1 aromatic heterocycles. The van der Waals surface area contributed by atoms with Crippen LogP contribution in [0.2, 0.25) is 10.3 Å². The molecule has 0 spiro atoms. The third kappa shape index (κ3) is 1.81. The molecular formula is C8H6Cl2F2N2. The Morgan fingerprint density at radius 1 is 1.14 bits per heavy atom. The normalized spacial score (nSPS) is 16.4. The van der Waals surface area contributed by atoms with Crippen molar-refractivity contribution in [1.29, 1.82) is 0 Å². The van der Waals surface area contributed by atoms with Crippen LogP contribution in [0.5, 0.6) is 0 Å². The fourth-order valence-corrected chi connectivity index (χ4v) is 1.70. The second-order valence-corrected chi connectivity index (χ2v) is 3.87. The first-order chi connectivity index (χ1) is 6.59. The highest BCUT2D eigenvalue weighted by molar-refractivity contribution is 6.34. The standard InChI is InChI=1S/C8H6Cl2F2N2/c9-5-4(7(11)12)6(10)14-8(13-5)3-1-2-3/h3,7H,1-2H2. The third-order valence-electron chi connectivity index (χ3n) is 2.03. The third-order valence-corrected chi connectivity index (χ3v) is 2.61. The number of aromatic nitrogens is 2. The second-order valence-electron chi connectivity index (χ2n) is 3.15. The summed E-state index contributed by atoms with van der Waals surface area (Å²) in [6, 6.07) is 0. The summed E-state index contributed by atoms with van der Waals surface area (Å²) in [5.41, 5.74) is -0.474. The summed E-state index contributed by atoms with van der Waals surface area (Å²) in [6.07, 6.45) is -0.787. The van der Waals surface area contributed by atoms with Crippen molar-refractivity contribution in [3.8, 4) is 0 Å². The number of nitrogens with zero attached hydrogens (tertiary/aromatic N) is 2. The van der Waals surface area contributed by atoms with Crippen molar-refractivity contribution in [2.24, 2.45) is 0 Å². The molecule has 2 rings (SSSR count). The van der Waals surface area contributed by atoms with Crippen molar-refractivity contribution in [3.63, 3.8) is 0 Å². The molecule has 0 atom stereocenters. The molecular weight excluding hydrogens is 233 g/mol. The molecule has 0 aromatic carbocycles. The van der Waals surface area contributed by atoms with Gasteiger partial charge in [0.05, 0.1) is 5.56 Å². The van der Waals surface area contributed by atoms with Crippen LogP contribution in [0.1, 0.15) is 36.6 Å². The van der Waals surface area contributed by atoms with Gasteiger partial charge in [-0.1, -0.05) is 23.2 Å². The van der Waals surface area contributed by atoms with E-state index >= 15 is 0 Å². The maximum atomic E-state index is 12.4. The van der Waals surface area contributed by atoms with Crippen LogP contribution in [0.15, 0.2) is 0 Å². The summed E-state index contributed by atoms with van der Waals surface area (Å²) in [6.45, 7) is 0. The van der Waals surface area contributed by atoms with E-state index in [2.05, 4.69) is 9.97 Å². The topological polar surface area (TPSA) is 25.8 Å². The molecule has 0 unspecified atom stereocenters. The predicted molar refractivity (Wildman–Crippen MR) is 49.0 cm³/mol. The van der Waals surface area contributed by atoms with E-state index in [0.29, 0.717) is 5.82 Å². The van der Waals surface area contributed by atoms with Gasteiger partial charge in [0.15, 0.2) is 0 Å². The largest absolute Gasteiger partial charge is 0.269 e. The van der Waals surface area contributed by atoms with Gasteiger partial charge in [0.25, 0.3) is 6.43 Å². The van der Waals surface area contributed by atoms with Crippen molar-refractivity contribution in [2.45, 2.75) is 25.2 Å². The van der Waals surface area contributed by atoms with Gasteiger partial charge in [-0.15, -0.1) is 0 Å². The molecule has 6 heteroatoms. The fraction of sp³-hybridized carbons (Fsp3) is 0.500. The lowest BCUT2D eigenvalue weighted by atomic mass is 10.3. The van der Waals surface area contributed by atoms with E-state index < -0.39 is 12.0 Å². The molecule has 0 bridgehead atoms. The summed E-state index contributed by atoms with van der Waals surface area (Å²) < 4.78 is 24.8. The molecule has 0 saturated heterocycles. The van der Waals surface area contributed by atoms with E-state index in [4.69, 9.17) is 23.2 Å². The molecule has 0 N–H and O–H groups in total. The van der Waals surface area contributed by atoms with Gasteiger partial charge in [0, 0.05) is 5.92 Å². The number of hydrogen-bond donors (Lipinski definition) is 0. The average molecular weight is 239 g/mol. The molecule has 1 aromatic rings. The summed E-state index contributed by atoms with van der Waals surface area (Å²) >= 11 is 11.2. The van der Waals surface area contributed by atoms with Crippen molar-refractivity contribution in [3.05, 3.63) is 21.7 Å². The van der Waals surface area contributed by atoms with Crippen LogP contribution in [0, 0.1) is 0 Å². The van der Waals surface area contributed by atoms with E-state index in [0.717, 1.165) is 12.8 Å². The van der Waals surface area contributed by atoms with Crippen LogP contribution < -0.4 is 0 Å². The van der Waals surface area contributed by atoms with Crippen LogP contribution in [0.25, 0.3) is 0 Å². The van der Waals surface area contributed by atoms with E-state index in [9.17, 15) is 8.78 Å². The van der Waals surface area contributed by atoms with E-state index in [1.165, 1.54) is 0 Å². The molecule has 1 heterocycles. The Morgan fingerprint density at radius 3 is 2.00 bits per heavy atom. The Morgan fingerprint density at radius 2 is 1.64 bits per heavy atom. The van der Waals surface area contributed by atoms with Crippen LogP contribution >= 0.6 is 23.2 Å². The molecule has 0 amide bonds. The molecule has 2 nitrogen and oxygen atoms in total. The Hall–Kier alpha value is -0.480. The number of hydrogen-bond acceptors (Lipinski definition) is 2. The lowest BCUT2D eigenvalue weighted by molar-refractivity contribution is 0.150. The summed E-state index contributed by atoms with van der Waals surface area (Å²) in [5, 5.41) is -0.469. The maximum Gasteiger partial charge on any atom is 0.269 e. The smallest absolute Gasteiger partial charge is 0.220 e. The van der Waals surface area contributed by atoms with Crippen molar-refractivity contribution in [1.82, 2.24) is 9.97 Å². The molecule has 1 aliphatic carbocycles. The summed E-state index contributed by atoms with van der Waals surface area (Å²) in [4.78, 5) is 7.61. The Balaban J connectivity index is 2.43. The predicted octanol–water partition coefficient (Wildman–Crippen LogP) is 3.60. The molecule has 1 saturated carbocycles. The number of halogens is 4. The minimum atomic E-state index is -2.73. The monoisotopic (exact) mass is 238 g/mol. The highest BCUT2D eigenvalue weighted by Gasteiger charge is 2.29. The fourth-order valence-electron chi connectivity index (χ4n) is 1.14. The molecule has 1 aliphatic rings. The summed E-state index contributed by atoms with van der Waals surface area (Å²) in [7, 11) is 0. The summed E-state index contributed by atoms with van der Waals surface area (Å²) in [5.74, 6) is 0.723. The van der Waals surface area contributed by atoms with Gasteiger partial charge >= 0.3 is 0 Å². The first-order valence-corrected chi connectivity index (χ1v) is 4.86. The maximum absolute atomic E-state index is 12.4. The SMILES string of the molecule is FC(F)c1c(Cl)nc(C2CC2)nc1Cl. The first-order valence-electron chi connectivity index (χ1n) is 4.10. The van der Waals surface area contributed by atoms with E-state index in [-0.39, 0.29) is 16.2 Å². The van der Waals surface area contributed by atoms with Gasteiger partial charge in [-0.25, -0.2) is 18.7 Å². The second kappa shape index (κ2) is 3.59. The van der Waals surface area contributed by atoms with Crippen molar-refractivity contribution in [2.75, 3.05) is 0 Å². The highest BCUT2D eigenvalue weighted by atomic mass is 35.5. The molecule has 1 fully saturated rings. The average Bonchev–Trinajstić information content (AvgIpc) is 2.83. The Bertz CT molecular complexity index is 343. The van der Waals surface area contributed by atoms with Crippen molar-refractivity contribution >= 4 is 23.2 Å². The van der Waals surface area contributed by atoms with Crippen LogP contribution in [0.3, 0.4) is 0 Å². The van der Waals surface area contributed by atoms with Crippen LogP contribution in [-0.2, 0) is 0 Å². The zero-order valence-corrected chi connectivity index (χ0v) is 8.49. The molecule has 14 heavy (non-hydrogen) atoms. The van der Waals surface area contributed by atoms with E-state index in [1.807, 2.05) is 0 Å². The zero-order valence-electron chi connectivity index (χ0n) is 6.98. The molecule has 0 aliphatic heterocycles. The highest BCUT2D eigenvalue weighted by Crippen LogP contribution is 2.40. The van der Waals surface area contributed by atoms with Gasteiger partial charge < -0.3 is 0 Å². The number of rotatable bonds is 2. The van der Waals surface area contributed by atoms with Gasteiger partial charge in [-0.3, -0.25) is 0 Å². The minimum absolute atomic E-state index is 0.234. The van der Waals surface area contributed by atoms with Crippen LogP contribution in [0.4, 0.5) is 8.78 Å². The minimum Gasteiger partial charge on any atom is -0.220 e.